The highest BCUT2D eigenvalue weighted by Crippen LogP contribution is 2.46. The molecule has 0 bridgehead atoms. The van der Waals surface area contributed by atoms with Crippen LogP contribution in [-0.2, 0) is 0 Å². The predicted octanol–water partition coefficient (Wildman–Crippen LogP) is 19.3. The Balaban J connectivity index is 1.00. The molecule has 3 heterocycles. The van der Waals surface area contributed by atoms with Crippen molar-refractivity contribution in [2.45, 2.75) is 12.3 Å². The Hall–Kier alpha value is -10.5. The summed E-state index contributed by atoms with van der Waals surface area (Å²) in [5.41, 5.74) is 19.5. The van der Waals surface area contributed by atoms with E-state index in [2.05, 4.69) is 300 Å². The summed E-state index contributed by atoms with van der Waals surface area (Å²) in [6.45, 7) is 0. The number of hydrogen-bond donors (Lipinski definition) is 0. The van der Waals surface area contributed by atoms with Gasteiger partial charge in [0.05, 0.1) is 33.4 Å². The predicted molar refractivity (Wildman–Crippen MR) is 332 cm³/mol. The smallest absolute Gasteiger partial charge is 0.164 e. The van der Waals surface area contributed by atoms with Gasteiger partial charge in [0.15, 0.2) is 17.5 Å². The van der Waals surface area contributed by atoms with Crippen molar-refractivity contribution < 1.29 is 0 Å². The molecule has 1 aliphatic carbocycles. The van der Waals surface area contributed by atoms with E-state index in [-0.39, 0.29) is 5.92 Å². The second-order valence-corrected chi connectivity index (χ2v) is 20.7. The van der Waals surface area contributed by atoms with E-state index < -0.39 is 0 Å². The van der Waals surface area contributed by atoms with E-state index in [0.29, 0.717) is 17.5 Å². The molecule has 0 aliphatic heterocycles. The van der Waals surface area contributed by atoms with E-state index in [1.165, 1.54) is 38.1 Å². The summed E-state index contributed by atoms with van der Waals surface area (Å²) >= 11 is 0. The quantitative estimate of drug-likeness (QED) is 0.137. The van der Waals surface area contributed by atoms with Crippen LogP contribution in [0, 0.1) is 0 Å². The van der Waals surface area contributed by atoms with Crippen molar-refractivity contribution in [2.75, 3.05) is 0 Å². The third kappa shape index (κ3) is 8.23. The zero-order chi connectivity index (χ0) is 52.9. The second kappa shape index (κ2) is 19.8. The van der Waals surface area contributed by atoms with Gasteiger partial charge in [-0.2, -0.15) is 0 Å². The third-order valence-electron chi connectivity index (χ3n) is 15.9. The van der Waals surface area contributed by atoms with E-state index in [1.807, 2.05) is 0 Å². The molecule has 14 aromatic rings. The number of hydrogen-bond acceptors (Lipinski definition) is 3. The molecule has 80 heavy (non-hydrogen) atoms. The van der Waals surface area contributed by atoms with Gasteiger partial charge in [-0.25, -0.2) is 15.0 Å². The van der Waals surface area contributed by atoms with Gasteiger partial charge in [-0.05, 0) is 100.0 Å². The Bertz CT molecular complexity index is 4590. The molecule has 1 unspecified atom stereocenters. The molecule has 15 rings (SSSR count). The highest BCUT2D eigenvalue weighted by molar-refractivity contribution is 6.17. The van der Waals surface area contributed by atoms with E-state index in [4.69, 9.17) is 15.0 Å². The minimum absolute atomic E-state index is 0.210. The monoisotopic (exact) mass is 1020 g/mol. The van der Waals surface area contributed by atoms with Gasteiger partial charge in [0, 0.05) is 55.3 Å². The van der Waals surface area contributed by atoms with Crippen LogP contribution in [-0.4, -0.2) is 24.1 Å². The number of rotatable bonds is 10. The first kappa shape index (κ1) is 46.8. The van der Waals surface area contributed by atoms with Crippen LogP contribution in [0.4, 0.5) is 0 Å². The van der Waals surface area contributed by atoms with E-state index in [0.717, 1.165) is 90.0 Å². The molecule has 5 heteroatoms. The Labute approximate surface area is 464 Å². The van der Waals surface area contributed by atoms with Gasteiger partial charge in [0.2, 0.25) is 0 Å². The second-order valence-electron chi connectivity index (χ2n) is 20.7. The maximum atomic E-state index is 5.57. The van der Waals surface area contributed by atoms with Crippen molar-refractivity contribution in [3.63, 3.8) is 0 Å². The van der Waals surface area contributed by atoms with Gasteiger partial charge >= 0.3 is 0 Å². The average Bonchev–Trinajstić information content (AvgIpc) is 4.08. The first-order valence-electron chi connectivity index (χ1n) is 27.4. The summed E-state index contributed by atoms with van der Waals surface area (Å²) in [6, 6.07) is 96.0. The fraction of sp³-hybridized carbons (Fsp3) is 0.0267. The van der Waals surface area contributed by atoms with Gasteiger partial charge in [0.1, 0.15) is 0 Å². The SMILES string of the molecule is C1=CCC(c2cc(-c3ccccc3)cc(-c3nc(-c4ccc(-c5ccccc5)cc4)nc(-c4cc(-c5ccccc5)c(-n5c6ccccc6c6c(-n7c8ccccc8c8ccccc87)cccc65)c(-c5ccccc5)c4)n3)c2)C=C1. The fourth-order valence-corrected chi connectivity index (χ4v) is 12.1. The lowest BCUT2D eigenvalue weighted by atomic mass is 9.88. The lowest BCUT2D eigenvalue weighted by Crippen LogP contribution is -2.05. The molecule has 0 N–H and O–H groups in total. The standard InChI is InChI=1S/C75H51N5/c1-6-23-50(24-7-1)53-41-43-56(44-42-53)73-76-74(59-46-57(51-25-8-2-9-26-51)45-58(47-59)52-27-10-3-11-28-52)78-75(77-73)60-48-64(54-29-12-4-13-30-54)72(65(49-60)55-31-14-5-15-32-55)80-68-38-21-18-35-63(68)71-69(39-22-40-70(71)80)79-66-36-19-16-33-61(66)62-34-17-20-37-67(62)79/h1-27,29-49,52H,28H2. The van der Waals surface area contributed by atoms with Crippen LogP contribution in [0.3, 0.4) is 0 Å². The highest BCUT2D eigenvalue weighted by atomic mass is 15.0. The largest absolute Gasteiger partial charge is 0.309 e. The number of benzene rings is 11. The van der Waals surface area contributed by atoms with Gasteiger partial charge in [0.25, 0.3) is 0 Å². The van der Waals surface area contributed by atoms with Crippen molar-refractivity contribution in [3.8, 4) is 90.0 Å². The molecule has 376 valence electrons. The van der Waals surface area contributed by atoms with Crippen molar-refractivity contribution in [1.82, 2.24) is 24.1 Å². The molecule has 0 saturated heterocycles. The number of para-hydroxylation sites is 3. The Morgan fingerprint density at radius 2 is 0.750 bits per heavy atom. The van der Waals surface area contributed by atoms with Crippen molar-refractivity contribution in [1.29, 1.82) is 0 Å². The van der Waals surface area contributed by atoms with Crippen LogP contribution < -0.4 is 0 Å². The Morgan fingerprint density at radius 3 is 1.31 bits per heavy atom. The van der Waals surface area contributed by atoms with Crippen LogP contribution >= 0.6 is 0 Å². The number of fused-ring (bicyclic) bond motifs is 6. The van der Waals surface area contributed by atoms with Crippen molar-refractivity contribution in [3.05, 3.63) is 297 Å². The van der Waals surface area contributed by atoms with E-state index >= 15 is 0 Å². The van der Waals surface area contributed by atoms with Gasteiger partial charge in [-0.1, -0.05) is 237 Å². The van der Waals surface area contributed by atoms with Gasteiger partial charge < -0.3 is 9.13 Å². The molecular formula is C75H51N5. The van der Waals surface area contributed by atoms with Crippen LogP contribution in [0.2, 0.25) is 0 Å². The number of allylic oxidation sites excluding steroid dienone is 4. The molecular weight excluding hydrogens is 971 g/mol. The lowest BCUT2D eigenvalue weighted by molar-refractivity contribution is 0.854. The lowest BCUT2D eigenvalue weighted by Gasteiger charge is -2.21. The molecule has 0 saturated carbocycles. The zero-order valence-electron chi connectivity index (χ0n) is 43.7. The van der Waals surface area contributed by atoms with Crippen LogP contribution in [0.5, 0.6) is 0 Å². The molecule has 5 nitrogen and oxygen atoms in total. The fourth-order valence-electron chi connectivity index (χ4n) is 12.1. The minimum atomic E-state index is 0.210. The molecule has 3 aromatic heterocycles. The maximum Gasteiger partial charge on any atom is 0.164 e. The van der Waals surface area contributed by atoms with Crippen LogP contribution in [0.25, 0.3) is 134 Å². The molecule has 11 aromatic carbocycles. The third-order valence-corrected chi connectivity index (χ3v) is 15.9. The van der Waals surface area contributed by atoms with Crippen molar-refractivity contribution in [2.24, 2.45) is 0 Å². The highest BCUT2D eigenvalue weighted by Gasteiger charge is 2.26. The summed E-state index contributed by atoms with van der Waals surface area (Å²) in [7, 11) is 0. The first-order valence-corrected chi connectivity index (χ1v) is 27.4. The molecule has 1 atom stereocenters. The minimum Gasteiger partial charge on any atom is -0.309 e. The summed E-state index contributed by atoms with van der Waals surface area (Å²) in [5, 5.41) is 4.81. The molecule has 0 spiro atoms. The number of nitrogens with zero attached hydrogens (tertiary/aromatic N) is 5. The van der Waals surface area contributed by atoms with E-state index in [1.54, 1.807) is 0 Å². The maximum absolute atomic E-state index is 5.57. The summed E-state index contributed by atoms with van der Waals surface area (Å²) in [6.07, 6.45) is 9.76. The van der Waals surface area contributed by atoms with Gasteiger partial charge in [-0.3, -0.25) is 0 Å². The molecule has 1 aliphatic rings. The normalized spacial score (nSPS) is 13.2. The Morgan fingerprint density at radius 1 is 0.312 bits per heavy atom. The summed E-state index contributed by atoms with van der Waals surface area (Å²) in [5.74, 6) is 2.00. The van der Waals surface area contributed by atoms with E-state index in [9.17, 15) is 0 Å². The summed E-state index contributed by atoms with van der Waals surface area (Å²) in [4.78, 5) is 16.5. The molecule has 0 amide bonds. The van der Waals surface area contributed by atoms with Crippen LogP contribution in [0.1, 0.15) is 17.9 Å². The Kier molecular flexibility index (Phi) is 11.6. The topological polar surface area (TPSA) is 48.5 Å². The molecule has 0 radical (unpaired) electrons. The average molecular weight is 1020 g/mol. The number of aromatic nitrogens is 5. The van der Waals surface area contributed by atoms with Gasteiger partial charge in [-0.15, -0.1) is 0 Å². The van der Waals surface area contributed by atoms with Crippen molar-refractivity contribution >= 4 is 43.6 Å². The first-order chi connectivity index (χ1) is 39.7. The van der Waals surface area contributed by atoms with Crippen LogP contribution in [0.15, 0.2) is 291 Å². The molecule has 0 fully saturated rings. The zero-order valence-corrected chi connectivity index (χ0v) is 43.7. The summed E-state index contributed by atoms with van der Waals surface area (Å²) < 4.78 is 4.95.